The smallest absolute Gasteiger partial charge is 0.302 e. The van der Waals surface area contributed by atoms with E-state index in [2.05, 4.69) is 6.92 Å². The minimum atomic E-state index is -0.666. The lowest BCUT2D eigenvalue weighted by atomic mass is 9.54. The maximum absolute atomic E-state index is 11.5. The molecule has 2 saturated carbocycles. The average Bonchev–Trinajstić information content (AvgIpc) is 2.95. The van der Waals surface area contributed by atoms with Crippen LogP contribution in [0.2, 0.25) is 0 Å². The van der Waals surface area contributed by atoms with E-state index in [0.717, 1.165) is 24.8 Å². The lowest BCUT2D eigenvalue weighted by molar-refractivity contribution is -0.225. The molecule has 4 rings (SSSR count). The third-order valence-corrected chi connectivity index (χ3v) is 7.65. The highest BCUT2D eigenvalue weighted by atomic mass is 16.5. The molecule has 3 aliphatic carbocycles. The molecule has 4 aliphatic rings. The van der Waals surface area contributed by atoms with Crippen molar-refractivity contribution in [3.05, 3.63) is 11.6 Å². The van der Waals surface area contributed by atoms with Crippen molar-refractivity contribution >= 4 is 5.97 Å². The summed E-state index contributed by atoms with van der Waals surface area (Å²) in [6, 6.07) is 0. The number of hydrogen-bond donors (Lipinski definition) is 3. The van der Waals surface area contributed by atoms with Crippen molar-refractivity contribution in [3.63, 3.8) is 0 Å². The van der Waals surface area contributed by atoms with Crippen molar-refractivity contribution in [2.75, 3.05) is 13.2 Å². The number of carbonyl (C=O) groups excluding carboxylic acids is 1. The van der Waals surface area contributed by atoms with Crippen molar-refractivity contribution in [1.29, 1.82) is 0 Å². The van der Waals surface area contributed by atoms with Gasteiger partial charge >= 0.3 is 5.97 Å². The molecule has 6 nitrogen and oxygen atoms in total. The zero-order valence-corrected chi connectivity index (χ0v) is 15.6. The first-order chi connectivity index (χ1) is 12.3. The normalized spacial score (nSPS) is 50.3. The Morgan fingerprint density at radius 1 is 1.35 bits per heavy atom. The van der Waals surface area contributed by atoms with Crippen LogP contribution < -0.4 is 0 Å². The molecule has 0 aromatic carbocycles. The molecule has 3 fully saturated rings. The molecule has 0 radical (unpaired) electrons. The van der Waals surface area contributed by atoms with Gasteiger partial charge in [0, 0.05) is 18.3 Å². The molecule has 6 heteroatoms. The van der Waals surface area contributed by atoms with Crippen molar-refractivity contribution in [2.24, 2.45) is 22.7 Å². The van der Waals surface area contributed by atoms with Crippen LogP contribution in [0, 0.1) is 22.7 Å². The highest BCUT2D eigenvalue weighted by molar-refractivity contribution is 5.66. The molecule has 8 atom stereocenters. The quantitative estimate of drug-likeness (QED) is 0.502. The molecule has 0 aromatic rings. The summed E-state index contributed by atoms with van der Waals surface area (Å²) in [6.07, 6.45) is 4.06. The fraction of sp³-hybridized carbons (Fsp3) is 0.850. The van der Waals surface area contributed by atoms with Gasteiger partial charge in [-0.3, -0.25) is 4.79 Å². The molecule has 0 amide bonds. The van der Waals surface area contributed by atoms with E-state index < -0.39 is 11.5 Å². The Hall–Kier alpha value is -0.950. The van der Waals surface area contributed by atoms with E-state index >= 15 is 0 Å². The molecule has 146 valence electrons. The van der Waals surface area contributed by atoms with Gasteiger partial charge in [0.2, 0.25) is 0 Å². The number of rotatable bonds is 2. The van der Waals surface area contributed by atoms with Crippen molar-refractivity contribution in [3.8, 4) is 0 Å². The first kappa shape index (κ1) is 18.4. The van der Waals surface area contributed by atoms with Crippen LogP contribution in [0.25, 0.3) is 0 Å². The van der Waals surface area contributed by atoms with Crippen LogP contribution in [0.5, 0.6) is 0 Å². The van der Waals surface area contributed by atoms with Gasteiger partial charge in [-0.05, 0) is 38.0 Å². The predicted octanol–water partition coefficient (Wildman–Crippen LogP) is 1.17. The van der Waals surface area contributed by atoms with E-state index in [1.54, 1.807) is 0 Å². The van der Waals surface area contributed by atoms with E-state index in [9.17, 15) is 20.1 Å². The monoisotopic (exact) mass is 366 g/mol. The molecule has 1 saturated heterocycles. The Kier molecular flexibility index (Phi) is 4.46. The van der Waals surface area contributed by atoms with Crippen LogP contribution in [0.15, 0.2) is 11.6 Å². The van der Waals surface area contributed by atoms with Gasteiger partial charge in [-0.25, -0.2) is 0 Å². The first-order valence-corrected chi connectivity index (χ1v) is 9.79. The van der Waals surface area contributed by atoms with E-state index in [1.165, 1.54) is 6.92 Å². The Labute approximate surface area is 154 Å². The van der Waals surface area contributed by atoms with Gasteiger partial charge < -0.3 is 24.8 Å². The molecule has 1 aliphatic heterocycles. The van der Waals surface area contributed by atoms with Gasteiger partial charge in [0.05, 0.1) is 36.9 Å². The van der Waals surface area contributed by atoms with Gasteiger partial charge in [0.1, 0.15) is 6.10 Å². The largest absolute Gasteiger partial charge is 0.462 e. The second-order valence-corrected chi connectivity index (χ2v) is 8.98. The van der Waals surface area contributed by atoms with Gasteiger partial charge in [0.25, 0.3) is 0 Å². The van der Waals surface area contributed by atoms with Gasteiger partial charge in [-0.1, -0.05) is 18.6 Å². The summed E-state index contributed by atoms with van der Waals surface area (Å²) < 4.78 is 11.9. The van der Waals surface area contributed by atoms with E-state index in [1.807, 2.05) is 6.08 Å². The van der Waals surface area contributed by atoms with Crippen molar-refractivity contribution < 1.29 is 29.6 Å². The first-order valence-electron chi connectivity index (χ1n) is 9.79. The SMILES string of the molecule is CC(=O)O[C@H]1CCC2C3C(O)C=C4C[C@@H](O)CC[C@]4(C)C3OC[C@@]21CO. The highest BCUT2D eigenvalue weighted by Crippen LogP contribution is 2.60. The Morgan fingerprint density at radius 2 is 2.12 bits per heavy atom. The number of hydrogen-bond acceptors (Lipinski definition) is 6. The minimum absolute atomic E-state index is 0.0482. The molecular formula is C20H30O6. The Morgan fingerprint density at radius 3 is 2.81 bits per heavy atom. The molecule has 4 unspecified atom stereocenters. The molecule has 0 spiro atoms. The average molecular weight is 366 g/mol. The van der Waals surface area contributed by atoms with Crippen LogP contribution in [-0.2, 0) is 14.3 Å². The second-order valence-electron chi connectivity index (χ2n) is 8.98. The number of aliphatic hydroxyl groups excluding tert-OH is 3. The number of aliphatic hydroxyl groups is 3. The molecule has 26 heavy (non-hydrogen) atoms. The van der Waals surface area contributed by atoms with E-state index in [0.29, 0.717) is 19.4 Å². The summed E-state index contributed by atoms with van der Waals surface area (Å²) in [6.45, 7) is 3.80. The maximum atomic E-state index is 11.5. The van der Waals surface area contributed by atoms with Crippen LogP contribution in [0.4, 0.5) is 0 Å². The molecule has 0 bridgehead atoms. The zero-order chi connectivity index (χ0) is 18.7. The van der Waals surface area contributed by atoms with E-state index in [-0.39, 0.29) is 48.1 Å². The van der Waals surface area contributed by atoms with Gasteiger partial charge in [0.15, 0.2) is 0 Å². The standard InChI is InChI=1S/C20H30O6/c1-11(22)26-16-4-3-14-17-15(24)8-12-7-13(23)5-6-19(12,2)18(17)25-10-20(14,16)9-21/h8,13-18,21,23-24H,3-7,9-10H2,1-2H3/t13-,14?,15?,16-,17?,18?,19-,20-/m0/s1. The minimum Gasteiger partial charge on any atom is -0.462 e. The Balaban J connectivity index is 1.69. The third kappa shape index (κ3) is 2.49. The van der Waals surface area contributed by atoms with Crippen LogP contribution in [0.1, 0.15) is 46.0 Å². The summed E-state index contributed by atoms with van der Waals surface area (Å²) >= 11 is 0. The summed E-state index contributed by atoms with van der Waals surface area (Å²) in [5.74, 6) is -0.419. The lowest BCUT2D eigenvalue weighted by Crippen LogP contribution is -2.62. The zero-order valence-electron chi connectivity index (χ0n) is 15.6. The number of esters is 1. The van der Waals surface area contributed by atoms with Crippen LogP contribution in [0.3, 0.4) is 0 Å². The Bertz CT molecular complexity index is 617. The fourth-order valence-corrected chi connectivity index (χ4v) is 6.27. The molecule has 1 heterocycles. The highest BCUT2D eigenvalue weighted by Gasteiger charge is 2.64. The summed E-state index contributed by atoms with van der Waals surface area (Å²) in [5.41, 5.74) is 0.268. The number of ether oxygens (including phenoxy) is 2. The number of fused-ring (bicyclic) bond motifs is 5. The second kappa shape index (κ2) is 6.30. The van der Waals surface area contributed by atoms with E-state index in [4.69, 9.17) is 9.47 Å². The predicted molar refractivity (Wildman–Crippen MR) is 93.1 cm³/mol. The molecule has 0 aromatic heterocycles. The maximum Gasteiger partial charge on any atom is 0.302 e. The van der Waals surface area contributed by atoms with Crippen molar-refractivity contribution in [2.45, 2.75) is 70.4 Å². The summed E-state index contributed by atoms with van der Waals surface area (Å²) in [7, 11) is 0. The lowest BCUT2D eigenvalue weighted by Gasteiger charge is -2.58. The van der Waals surface area contributed by atoms with Crippen molar-refractivity contribution in [1.82, 2.24) is 0 Å². The van der Waals surface area contributed by atoms with Gasteiger partial charge in [-0.2, -0.15) is 0 Å². The van der Waals surface area contributed by atoms with Gasteiger partial charge in [-0.15, -0.1) is 0 Å². The van der Waals surface area contributed by atoms with Crippen LogP contribution in [-0.4, -0.2) is 58.9 Å². The topological polar surface area (TPSA) is 96.2 Å². The summed E-state index contributed by atoms with van der Waals surface area (Å²) in [5, 5.41) is 31.2. The number of carbonyl (C=O) groups is 1. The van der Waals surface area contributed by atoms with Crippen LogP contribution >= 0.6 is 0 Å². The third-order valence-electron chi connectivity index (χ3n) is 7.65. The molecule has 3 N–H and O–H groups in total. The fourth-order valence-electron chi connectivity index (χ4n) is 6.27. The summed E-state index contributed by atoms with van der Waals surface area (Å²) in [4.78, 5) is 11.5. The molecular weight excluding hydrogens is 336 g/mol.